The Hall–Kier alpha value is -2.26. The van der Waals surface area contributed by atoms with Crippen LogP contribution in [-0.4, -0.2) is 57.0 Å². The van der Waals surface area contributed by atoms with Gasteiger partial charge in [-0.15, -0.1) is 5.10 Å². The van der Waals surface area contributed by atoms with E-state index in [0.717, 1.165) is 0 Å². The molecule has 2 aliphatic heterocycles. The first kappa shape index (κ1) is 19.1. The molecule has 1 aromatic carbocycles. The predicted octanol–water partition coefficient (Wildman–Crippen LogP) is 2.47. The molecule has 0 bridgehead atoms. The minimum atomic E-state index is -0.540. The third-order valence-electron chi connectivity index (χ3n) is 5.34. The highest BCUT2D eigenvalue weighted by atomic mass is 32.2. The summed E-state index contributed by atoms with van der Waals surface area (Å²) < 4.78 is 20.9. The van der Waals surface area contributed by atoms with Crippen molar-refractivity contribution in [3.8, 4) is 0 Å². The minimum Gasteiger partial charge on any atom is -0.469 e. The molecule has 2 unspecified atom stereocenters. The second kappa shape index (κ2) is 7.63. The largest absolute Gasteiger partial charge is 0.469 e. The fraction of sp³-hybridized carbons (Fsp3) is 0.474. The Labute approximate surface area is 166 Å². The van der Waals surface area contributed by atoms with Gasteiger partial charge in [0.05, 0.1) is 19.1 Å². The summed E-state index contributed by atoms with van der Waals surface area (Å²) in [4.78, 5) is 31.2. The number of aryl methyl sites for hydroxylation is 1. The van der Waals surface area contributed by atoms with E-state index in [1.807, 2.05) is 0 Å². The van der Waals surface area contributed by atoms with E-state index in [2.05, 4.69) is 15.0 Å². The number of thioether (sulfide) groups is 1. The lowest BCUT2D eigenvalue weighted by Gasteiger charge is -2.38. The Bertz CT molecular complexity index is 910. The summed E-state index contributed by atoms with van der Waals surface area (Å²) in [5, 5.41) is 4.17. The lowest BCUT2D eigenvalue weighted by molar-refractivity contribution is -0.147. The van der Waals surface area contributed by atoms with Crippen LogP contribution in [-0.2, 0) is 9.53 Å². The molecular weight excluding hydrogens is 383 g/mol. The van der Waals surface area contributed by atoms with Gasteiger partial charge >= 0.3 is 5.97 Å². The van der Waals surface area contributed by atoms with Gasteiger partial charge in [-0.2, -0.15) is 4.68 Å². The summed E-state index contributed by atoms with van der Waals surface area (Å²) in [6.07, 6.45) is 1.23. The number of carbonyl (C=O) groups excluding carboxylic acids is 2. The highest BCUT2D eigenvalue weighted by molar-refractivity contribution is 8.00. The van der Waals surface area contributed by atoms with Crippen LogP contribution in [0, 0.1) is 18.7 Å². The molecule has 1 aromatic heterocycles. The van der Waals surface area contributed by atoms with Crippen LogP contribution in [0.3, 0.4) is 0 Å². The van der Waals surface area contributed by atoms with E-state index in [4.69, 9.17) is 4.74 Å². The number of nitrogens with zero attached hydrogens (tertiary/aromatic N) is 4. The number of piperidine rings is 1. The maximum absolute atomic E-state index is 14.7. The highest BCUT2D eigenvalue weighted by Crippen LogP contribution is 2.42. The number of aromatic nitrogens is 3. The van der Waals surface area contributed by atoms with Crippen molar-refractivity contribution in [2.75, 3.05) is 20.2 Å². The molecule has 7 nitrogen and oxygen atoms in total. The number of benzene rings is 1. The van der Waals surface area contributed by atoms with Crippen LogP contribution in [0.1, 0.15) is 35.1 Å². The second-order valence-corrected chi connectivity index (χ2v) is 8.14. The van der Waals surface area contributed by atoms with Crippen molar-refractivity contribution in [1.82, 2.24) is 19.7 Å². The maximum Gasteiger partial charge on any atom is 0.308 e. The summed E-state index contributed by atoms with van der Waals surface area (Å²) in [6.45, 7) is 2.90. The fourth-order valence-corrected chi connectivity index (χ4v) is 5.24. The molecule has 1 saturated heterocycles. The zero-order chi connectivity index (χ0) is 19.8. The van der Waals surface area contributed by atoms with Crippen LogP contribution in [0.25, 0.3) is 0 Å². The summed E-state index contributed by atoms with van der Waals surface area (Å²) >= 11 is 1.32. The Balaban J connectivity index is 1.63. The molecule has 0 amide bonds. The van der Waals surface area contributed by atoms with Gasteiger partial charge in [0.15, 0.2) is 5.16 Å². The number of methoxy groups -OCH3 is 1. The van der Waals surface area contributed by atoms with Crippen LogP contribution in [0.15, 0.2) is 29.4 Å². The zero-order valence-electron chi connectivity index (χ0n) is 15.7. The SMILES string of the molecule is COC(=O)C1CCN(C(c2ccccc2F)C2Sc3nc(C)nn3C2=O)CC1. The van der Waals surface area contributed by atoms with Crippen molar-refractivity contribution >= 4 is 23.6 Å². The molecule has 2 atom stereocenters. The van der Waals surface area contributed by atoms with Gasteiger partial charge in [0.25, 0.3) is 5.91 Å². The van der Waals surface area contributed by atoms with E-state index >= 15 is 0 Å². The van der Waals surface area contributed by atoms with Gasteiger partial charge in [0.2, 0.25) is 0 Å². The van der Waals surface area contributed by atoms with Crippen LogP contribution in [0.2, 0.25) is 0 Å². The van der Waals surface area contributed by atoms with Crippen molar-refractivity contribution in [3.63, 3.8) is 0 Å². The Kier molecular flexibility index (Phi) is 5.20. The first-order valence-electron chi connectivity index (χ1n) is 9.20. The van der Waals surface area contributed by atoms with E-state index in [-0.39, 0.29) is 23.6 Å². The summed E-state index contributed by atoms with van der Waals surface area (Å²) in [5.41, 5.74) is 0.479. The number of halogens is 1. The van der Waals surface area contributed by atoms with Crippen molar-refractivity contribution in [2.24, 2.45) is 5.92 Å². The first-order valence-corrected chi connectivity index (χ1v) is 10.1. The zero-order valence-corrected chi connectivity index (χ0v) is 16.5. The molecule has 2 aromatic rings. The number of hydrogen-bond donors (Lipinski definition) is 0. The van der Waals surface area contributed by atoms with E-state index in [0.29, 0.717) is 42.5 Å². The van der Waals surface area contributed by atoms with Crippen LogP contribution >= 0.6 is 11.8 Å². The minimum absolute atomic E-state index is 0.158. The Morgan fingerprint density at radius 3 is 2.68 bits per heavy atom. The summed E-state index contributed by atoms with van der Waals surface area (Å²) in [5.74, 6) is -0.369. The fourth-order valence-electron chi connectivity index (χ4n) is 3.95. The molecule has 2 aliphatic rings. The lowest BCUT2D eigenvalue weighted by Crippen LogP contribution is -2.44. The van der Waals surface area contributed by atoms with Gasteiger partial charge in [0.1, 0.15) is 16.9 Å². The molecule has 9 heteroatoms. The number of ether oxygens (including phenoxy) is 1. The monoisotopic (exact) mass is 404 g/mol. The average molecular weight is 404 g/mol. The lowest BCUT2D eigenvalue weighted by atomic mass is 9.92. The van der Waals surface area contributed by atoms with E-state index in [1.165, 1.54) is 29.6 Å². The molecule has 148 valence electrons. The van der Waals surface area contributed by atoms with E-state index in [1.54, 1.807) is 25.1 Å². The Morgan fingerprint density at radius 2 is 2.04 bits per heavy atom. The van der Waals surface area contributed by atoms with Gasteiger partial charge < -0.3 is 4.74 Å². The number of hydrogen-bond acceptors (Lipinski definition) is 7. The molecule has 0 spiro atoms. The molecule has 0 saturated carbocycles. The van der Waals surface area contributed by atoms with E-state index < -0.39 is 11.3 Å². The molecule has 28 heavy (non-hydrogen) atoms. The van der Waals surface area contributed by atoms with Gasteiger partial charge in [0, 0.05) is 5.56 Å². The third kappa shape index (κ3) is 3.33. The number of likely N-dealkylation sites (tertiary alicyclic amines) is 1. The molecule has 0 aliphatic carbocycles. The van der Waals surface area contributed by atoms with Crippen molar-refractivity contribution in [1.29, 1.82) is 0 Å². The van der Waals surface area contributed by atoms with Gasteiger partial charge in [-0.25, -0.2) is 9.37 Å². The average Bonchev–Trinajstić information content (AvgIpc) is 3.21. The highest BCUT2D eigenvalue weighted by Gasteiger charge is 2.44. The number of esters is 1. The van der Waals surface area contributed by atoms with Gasteiger partial charge in [-0.05, 0) is 38.9 Å². The van der Waals surface area contributed by atoms with Crippen molar-refractivity contribution in [3.05, 3.63) is 41.5 Å². The molecule has 1 fully saturated rings. The van der Waals surface area contributed by atoms with Gasteiger partial charge in [-0.1, -0.05) is 30.0 Å². The van der Waals surface area contributed by atoms with Crippen LogP contribution in [0.5, 0.6) is 0 Å². The summed E-state index contributed by atoms with van der Waals surface area (Å²) in [6, 6.07) is 6.09. The van der Waals surface area contributed by atoms with Crippen LogP contribution < -0.4 is 0 Å². The van der Waals surface area contributed by atoms with Crippen molar-refractivity contribution in [2.45, 2.75) is 36.2 Å². The van der Waals surface area contributed by atoms with Crippen molar-refractivity contribution < 1.29 is 18.7 Å². The second-order valence-electron chi connectivity index (χ2n) is 7.03. The maximum atomic E-state index is 14.7. The normalized spacial score (nSPS) is 21.5. The molecular formula is C19H21FN4O3S. The quantitative estimate of drug-likeness (QED) is 0.725. The molecule has 3 heterocycles. The first-order chi connectivity index (χ1) is 13.5. The standard InChI is InChI=1S/C19H21FN4O3S/c1-11-21-19-24(22-11)17(25)16(28-19)15(13-5-3-4-6-14(13)20)23-9-7-12(8-10-23)18(26)27-2/h3-6,12,15-16H,7-10H2,1-2H3. The van der Waals surface area contributed by atoms with Crippen LogP contribution in [0.4, 0.5) is 4.39 Å². The molecule has 0 radical (unpaired) electrons. The number of carbonyl (C=O) groups is 2. The topological polar surface area (TPSA) is 77.3 Å². The van der Waals surface area contributed by atoms with Gasteiger partial charge in [-0.3, -0.25) is 14.5 Å². The molecule has 4 rings (SSSR count). The Morgan fingerprint density at radius 1 is 1.32 bits per heavy atom. The number of fused-ring (bicyclic) bond motifs is 1. The van der Waals surface area contributed by atoms with E-state index in [9.17, 15) is 14.0 Å². The number of rotatable bonds is 4. The predicted molar refractivity (Wildman–Crippen MR) is 100 cm³/mol. The summed E-state index contributed by atoms with van der Waals surface area (Å²) in [7, 11) is 1.39. The smallest absolute Gasteiger partial charge is 0.308 e. The third-order valence-corrected chi connectivity index (χ3v) is 6.52. The molecule has 0 N–H and O–H groups in total.